The van der Waals surface area contributed by atoms with E-state index in [-0.39, 0.29) is 22.8 Å². The minimum atomic E-state index is -3.62. The topological polar surface area (TPSA) is 70.5 Å². The minimum Gasteiger partial charge on any atom is -0.396 e. The molecular formula is C17H22N2O3S. The van der Waals surface area contributed by atoms with Crippen molar-refractivity contribution in [1.29, 1.82) is 0 Å². The van der Waals surface area contributed by atoms with Gasteiger partial charge in [-0.05, 0) is 24.5 Å². The van der Waals surface area contributed by atoms with E-state index in [0.717, 1.165) is 5.39 Å². The Bertz CT molecular complexity index is 814. The molecule has 6 heteroatoms. The Morgan fingerprint density at radius 3 is 2.70 bits per heavy atom. The van der Waals surface area contributed by atoms with Gasteiger partial charge in [-0.2, -0.15) is 4.31 Å². The number of fused-ring (bicyclic) bond motifs is 1. The second-order valence-electron chi connectivity index (χ2n) is 6.60. The lowest BCUT2D eigenvalue weighted by Gasteiger charge is -2.31. The van der Waals surface area contributed by atoms with E-state index < -0.39 is 10.0 Å². The van der Waals surface area contributed by atoms with Crippen LogP contribution in [-0.4, -0.2) is 42.5 Å². The van der Waals surface area contributed by atoms with Crippen LogP contribution in [0.1, 0.15) is 20.3 Å². The van der Waals surface area contributed by atoms with Gasteiger partial charge in [0.05, 0.1) is 12.1 Å². The predicted octanol–water partition coefficient (Wildman–Crippen LogP) is 2.26. The number of hydrogen-bond acceptors (Lipinski definition) is 4. The number of hydrogen-bond donors (Lipinski definition) is 1. The highest BCUT2D eigenvalue weighted by Gasteiger charge is 2.44. The molecule has 0 saturated carbocycles. The van der Waals surface area contributed by atoms with Gasteiger partial charge in [-0.3, -0.25) is 4.98 Å². The lowest BCUT2D eigenvalue weighted by Crippen LogP contribution is -2.37. The Morgan fingerprint density at radius 1 is 1.30 bits per heavy atom. The van der Waals surface area contributed by atoms with E-state index in [4.69, 9.17) is 0 Å². The first-order chi connectivity index (χ1) is 10.9. The molecule has 124 valence electrons. The van der Waals surface area contributed by atoms with Crippen LogP contribution in [0.4, 0.5) is 0 Å². The van der Waals surface area contributed by atoms with Gasteiger partial charge in [0.25, 0.3) is 0 Å². The summed E-state index contributed by atoms with van der Waals surface area (Å²) in [6.45, 7) is 4.86. The Kier molecular flexibility index (Phi) is 4.16. The van der Waals surface area contributed by atoms with E-state index in [1.165, 1.54) is 4.31 Å². The third kappa shape index (κ3) is 2.65. The Balaban J connectivity index is 2.03. The molecule has 0 amide bonds. The molecule has 1 N–H and O–H groups in total. The number of pyridine rings is 1. The fraction of sp³-hybridized carbons (Fsp3) is 0.471. The Morgan fingerprint density at radius 2 is 2.04 bits per heavy atom. The van der Waals surface area contributed by atoms with Crippen molar-refractivity contribution >= 4 is 20.9 Å². The Hall–Kier alpha value is -1.50. The molecular weight excluding hydrogens is 312 g/mol. The summed E-state index contributed by atoms with van der Waals surface area (Å²) in [5, 5.41) is 10.6. The minimum absolute atomic E-state index is 0.00444. The summed E-state index contributed by atoms with van der Waals surface area (Å²) in [7, 11) is -3.62. The van der Waals surface area contributed by atoms with Crippen molar-refractivity contribution in [3.8, 4) is 0 Å². The fourth-order valence-corrected chi connectivity index (χ4v) is 4.97. The van der Waals surface area contributed by atoms with Crippen molar-refractivity contribution in [3.63, 3.8) is 0 Å². The van der Waals surface area contributed by atoms with Crippen LogP contribution < -0.4 is 0 Å². The number of sulfonamides is 1. The van der Waals surface area contributed by atoms with Crippen molar-refractivity contribution in [3.05, 3.63) is 36.5 Å². The molecule has 0 bridgehead atoms. The van der Waals surface area contributed by atoms with Gasteiger partial charge in [0.15, 0.2) is 0 Å². The summed E-state index contributed by atoms with van der Waals surface area (Å²) in [5.74, 6) is 0.221. The highest BCUT2D eigenvalue weighted by atomic mass is 32.2. The number of para-hydroxylation sites is 1. The fourth-order valence-electron chi connectivity index (χ4n) is 3.27. The first kappa shape index (κ1) is 16.4. The second kappa shape index (κ2) is 5.85. The monoisotopic (exact) mass is 334 g/mol. The SMILES string of the molecule is CC(C)C1(CO)CCN(S(=O)(=O)c2cccc3cccnc23)C1. The maximum atomic E-state index is 13.1. The molecule has 1 aromatic carbocycles. The average molecular weight is 334 g/mol. The van der Waals surface area contributed by atoms with Gasteiger partial charge in [0.2, 0.25) is 10.0 Å². The molecule has 1 aromatic heterocycles. The van der Waals surface area contributed by atoms with Gasteiger partial charge >= 0.3 is 0 Å². The van der Waals surface area contributed by atoms with Crippen LogP contribution in [0.2, 0.25) is 0 Å². The molecule has 2 heterocycles. The number of aliphatic hydroxyl groups excluding tert-OH is 1. The van der Waals surface area contributed by atoms with Crippen LogP contribution in [0, 0.1) is 11.3 Å². The summed E-state index contributed by atoms with van der Waals surface area (Å²) in [4.78, 5) is 4.50. The predicted molar refractivity (Wildman–Crippen MR) is 89.5 cm³/mol. The number of benzene rings is 1. The van der Waals surface area contributed by atoms with E-state index in [1.807, 2.05) is 26.0 Å². The number of rotatable bonds is 4. The number of aromatic nitrogens is 1. The standard InChI is InChI=1S/C17H22N2O3S/c1-13(2)17(12-20)8-10-19(11-17)23(21,22)15-7-3-5-14-6-4-9-18-16(14)15/h3-7,9,13,20H,8,10-12H2,1-2H3. The molecule has 23 heavy (non-hydrogen) atoms. The largest absolute Gasteiger partial charge is 0.396 e. The van der Waals surface area contributed by atoms with Crippen molar-refractivity contribution in [2.75, 3.05) is 19.7 Å². The van der Waals surface area contributed by atoms with Crippen molar-refractivity contribution in [1.82, 2.24) is 9.29 Å². The van der Waals surface area contributed by atoms with Gasteiger partial charge < -0.3 is 5.11 Å². The van der Waals surface area contributed by atoms with Crippen LogP contribution in [0.3, 0.4) is 0 Å². The molecule has 1 unspecified atom stereocenters. The molecule has 1 atom stereocenters. The highest BCUT2D eigenvalue weighted by Crippen LogP contribution is 2.40. The van der Waals surface area contributed by atoms with Gasteiger partial charge in [0, 0.05) is 30.1 Å². The summed E-state index contributed by atoms with van der Waals surface area (Å²) < 4.78 is 27.7. The summed E-state index contributed by atoms with van der Waals surface area (Å²) >= 11 is 0. The first-order valence-electron chi connectivity index (χ1n) is 7.85. The van der Waals surface area contributed by atoms with Crippen molar-refractivity contribution in [2.24, 2.45) is 11.3 Å². The van der Waals surface area contributed by atoms with E-state index in [9.17, 15) is 13.5 Å². The molecule has 1 saturated heterocycles. The van der Waals surface area contributed by atoms with Crippen molar-refractivity contribution < 1.29 is 13.5 Å². The maximum absolute atomic E-state index is 13.1. The van der Waals surface area contributed by atoms with Crippen LogP contribution in [0.5, 0.6) is 0 Å². The zero-order chi connectivity index (χ0) is 16.7. The van der Waals surface area contributed by atoms with E-state index in [0.29, 0.717) is 25.0 Å². The van der Waals surface area contributed by atoms with Gasteiger partial charge in [-0.1, -0.05) is 32.0 Å². The Labute approximate surface area is 137 Å². The molecule has 0 radical (unpaired) electrons. The average Bonchev–Trinajstić information content (AvgIpc) is 3.01. The third-order valence-electron chi connectivity index (χ3n) is 5.10. The van der Waals surface area contributed by atoms with Gasteiger partial charge in [-0.15, -0.1) is 0 Å². The molecule has 5 nitrogen and oxygen atoms in total. The van der Waals surface area contributed by atoms with E-state index >= 15 is 0 Å². The van der Waals surface area contributed by atoms with Crippen molar-refractivity contribution in [2.45, 2.75) is 25.2 Å². The molecule has 1 aliphatic rings. The zero-order valence-corrected chi connectivity index (χ0v) is 14.3. The van der Waals surface area contributed by atoms with Crippen LogP contribution in [0.25, 0.3) is 10.9 Å². The normalized spacial score (nSPS) is 23.0. The molecule has 2 aromatic rings. The molecule has 1 fully saturated rings. The summed E-state index contributed by atoms with van der Waals surface area (Å²) in [6.07, 6.45) is 2.29. The summed E-state index contributed by atoms with van der Waals surface area (Å²) in [6, 6.07) is 8.87. The van der Waals surface area contributed by atoms with Gasteiger partial charge in [0.1, 0.15) is 4.90 Å². The van der Waals surface area contributed by atoms with E-state index in [2.05, 4.69) is 4.98 Å². The van der Waals surface area contributed by atoms with Gasteiger partial charge in [-0.25, -0.2) is 8.42 Å². The van der Waals surface area contributed by atoms with Crippen LogP contribution in [0.15, 0.2) is 41.4 Å². The third-order valence-corrected chi connectivity index (χ3v) is 6.98. The smallest absolute Gasteiger partial charge is 0.245 e. The quantitative estimate of drug-likeness (QED) is 0.931. The summed E-state index contributed by atoms with van der Waals surface area (Å²) in [5.41, 5.74) is 0.145. The maximum Gasteiger partial charge on any atom is 0.245 e. The van der Waals surface area contributed by atoms with E-state index in [1.54, 1.807) is 24.4 Å². The number of aliphatic hydroxyl groups is 1. The second-order valence-corrected chi connectivity index (χ2v) is 8.50. The lowest BCUT2D eigenvalue weighted by atomic mass is 9.77. The number of nitrogens with zero attached hydrogens (tertiary/aromatic N) is 2. The first-order valence-corrected chi connectivity index (χ1v) is 9.29. The molecule has 0 aliphatic carbocycles. The van der Waals surface area contributed by atoms with Crippen LogP contribution in [-0.2, 0) is 10.0 Å². The lowest BCUT2D eigenvalue weighted by molar-refractivity contribution is 0.0905. The highest BCUT2D eigenvalue weighted by molar-refractivity contribution is 7.89. The van der Waals surface area contributed by atoms with Crippen LogP contribution >= 0.6 is 0 Å². The molecule has 3 rings (SSSR count). The molecule has 0 spiro atoms. The zero-order valence-electron chi connectivity index (χ0n) is 13.4. The molecule has 1 aliphatic heterocycles.